The number of rotatable bonds is 1. The number of nitrogens with zero attached hydrogens (tertiary/aromatic N) is 2. The molecule has 2 unspecified atom stereocenters. The second kappa shape index (κ2) is 3.91. The largest absolute Gasteiger partial charge is 0.369 e. The molecule has 1 heterocycles. The summed E-state index contributed by atoms with van der Waals surface area (Å²) in [6, 6.07) is 6.29. The summed E-state index contributed by atoms with van der Waals surface area (Å²) in [7, 11) is 0. The standard InChI is InChI=1S/C13H16ClN3/c1-8-3-2-4-11(8)17-12-6-5-9(14)7-10(12)16-13(17)15/h5-8,11H,2-4H2,1H3,(H2,15,16). The summed E-state index contributed by atoms with van der Waals surface area (Å²) in [4.78, 5) is 4.41. The number of hydrogen-bond donors (Lipinski definition) is 1. The van der Waals surface area contributed by atoms with Crippen molar-refractivity contribution in [1.82, 2.24) is 9.55 Å². The summed E-state index contributed by atoms with van der Waals surface area (Å²) >= 11 is 5.98. The average molecular weight is 250 g/mol. The van der Waals surface area contributed by atoms with Gasteiger partial charge in [-0.1, -0.05) is 24.9 Å². The Bertz CT molecular complexity index is 561. The molecule has 1 aliphatic carbocycles. The van der Waals surface area contributed by atoms with Crippen molar-refractivity contribution in [3.63, 3.8) is 0 Å². The predicted octanol–water partition coefficient (Wildman–Crippen LogP) is 3.63. The van der Waals surface area contributed by atoms with Gasteiger partial charge in [0.1, 0.15) is 0 Å². The number of hydrogen-bond acceptors (Lipinski definition) is 2. The van der Waals surface area contributed by atoms with Crippen molar-refractivity contribution >= 4 is 28.6 Å². The van der Waals surface area contributed by atoms with Crippen LogP contribution in [0.2, 0.25) is 5.02 Å². The summed E-state index contributed by atoms with van der Waals surface area (Å²) in [6.07, 6.45) is 3.75. The molecule has 0 saturated heterocycles. The molecule has 17 heavy (non-hydrogen) atoms. The quantitative estimate of drug-likeness (QED) is 0.839. The highest BCUT2D eigenvalue weighted by Crippen LogP contribution is 2.39. The first kappa shape index (κ1) is 10.9. The summed E-state index contributed by atoms with van der Waals surface area (Å²) in [5, 5.41) is 0.710. The van der Waals surface area contributed by atoms with Crippen LogP contribution in [0.3, 0.4) is 0 Å². The molecule has 0 aliphatic heterocycles. The number of aromatic nitrogens is 2. The van der Waals surface area contributed by atoms with E-state index in [0.717, 1.165) is 11.0 Å². The number of benzene rings is 1. The predicted molar refractivity (Wildman–Crippen MR) is 71.2 cm³/mol. The highest BCUT2D eigenvalue weighted by atomic mass is 35.5. The van der Waals surface area contributed by atoms with E-state index in [1.54, 1.807) is 0 Å². The number of nitrogens with two attached hydrogens (primary N) is 1. The van der Waals surface area contributed by atoms with Crippen LogP contribution in [-0.4, -0.2) is 9.55 Å². The van der Waals surface area contributed by atoms with Crippen LogP contribution in [0, 0.1) is 5.92 Å². The van der Waals surface area contributed by atoms with E-state index in [2.05, 4.69) is 16.5 Å². The number of halogens is 1. The van der Waals surface area contributed by atoms with E-state index in [-0.39, 0.29) is 0 Å². The van der Waals surface area contributed by atoms with Gasteiger partial charge in [-0.25, -0.2) is 4.98 Å². The van der Waals surface area contributed by atoms with E-state index in [4.69, 9.17) is 17.3 Å². The Kier molecular flexibility index (Phi) is 2.51. The molecule has 0 spiro atoms. The smallest absolute Gasteiger partial charge is 0.201 e. The maximum absolute atomic E-state index is 6.05. The maximum Gasteiger partial charge on any atom is 0.201 e. The van der Waals surface area contributed by atoms with E-state index < -0.39 is 0 Å². The molecule has 1 aromatic carbocycles. The Morgan fingerprint density at radius 1 is 1.41 bits per heavy atom. The van der Waals surface area contributed by atoms with Gasteiger partial charge < -0.3 is 10.3 Å². The summed E-state index contributed by atoms with van der Waals surface area (Å²) < 4.78 is 2.18. The fourth-order valence-corrected chi connectivity index (χ4v) is 3.11. The normalized spacial score (nSPS) is 24.6. The van der Waals surface area contributed by atoms with E-state index in [1.807, 2.05) is 18.2 Å². The second-order valence-corrected chi connectivity index (χ2v) is 5.39. The number of nitrogen functional groups attached to an aromatic ring is 1. The lowest BCUT2D eigenvalue weighted by Crippen LogP contribution is -2.14. The zero-order chi connectivity index (χ0) is 12.0. The van der Waals surface area contributed by atoms with Crippen molar-refractivity contribution in [3.8, 4) is 0 Å². The molecule has 1 aromatic heterocycles. The first-order chi connectivity index (χ1) is 8.16. The third-order valence-corrected chi connectivity index (χ3v) is 4.06. The van der Waals surface area contributed by atoms with Crippen LogP contribution in [0.15, 0.2) is 18.2 Å². The average Bonchev–Trinajstić information content (AvgIpc) is 2.80. The van der Waals surface area contributed by atoms with Crippen molar-refractivity contribution < 1.29 is 0 Å². The lowest BCUT2D eigenvalue weighted by molar-refractivity contribution is 0.421. The van der Waals surface area contributed by atoms with Crippen molar-refractivity contribution in [2.45, 2.75) is 32.2 Å². The Labute approximate surface area is 106 Å². The third-order valence-electron chi connectivity index (χ3n) is 3.83. The molecule has 90 valence electrons. The minimum absolute atomic E-state index is 0.487. The molecule has 3 nitrogen and oxygen atoms in total. The van der Waals surface area contributed by atoms with Crippen molar-refractivity contribution in [1.29, 1.82) is 0 Å². The first-order valence-corrected chi connectivity index (χ1v) is 6.47. The molecule has 0 amide bonds. The SMILES string of the molecule is CC1CCCC1n1c(N)nc2cc(Cl)ccc21. The van der Waals surface area contributed by atoms with E-state index in [0.29, 0.717) is 22.9 Å². The zero-order valence-electron chi connectivity index (χ0n) is 9.86. The fraction of sp³-hybridized carbons (Fsp3) is 0.462. The van der Waals surface area contributed by atoms with Gasteiger partial charge in [-0.2, -0.15) is 0 Å². The van der Waals surface area contributed by atoms with Gasteiger partial charge in [0.2, 0.25) is 5.95 Å². The Hall–Kier alpha value is -1.22. The Balaban J connectivity index is 2.18. The monoisotopic (exact) mass is 249 g/mol. The van der Waals surface area contributed by atoms with Gasteiger partial charge >= 0.3 is 0 Å². The summed E-state index contributed by atoms with van der Waals surface area (Å²) in [5.41, 5.74) is 8.05. The van der Waals surface area contributed by atoms with E-state index >= 15 is 0 Å². The van der Waals surface area contributed by atoms with Gasteiger partial charge in [0.15, 0.2) is 0 Å². The van der Waals surface area contributed by atoms with Crippen molar-refractivity contribution in [2.24, 2.45) is 5.92 Å². The van der Waals surface area contributed by atoms with E-state index in [1.165, 1.54) is 19.3 Å². The van der Waals surface area contributed by atoms with Crippen LogP contribution in [0.25, 0.3) is 11.0 Å². The van der Waals surface area contributed by atoms with E-state index in [9.17, 15) is 0 Å². The second-order valence-electron chi connectivity index (χ2n) is 4.95. The van der Waals surface area contributed by atoms with Crippen LogP contribution in [0.4, 0.5) is 5.95 Å². The lowest BCUT2D eigenvalue weighted by atomic mass is 10.1. The lowest BCUT2D eigenvalue weighted by Gasteiger charge is -2.19. The van der Waals surface area contributed by atoms with Crippen LogP contribution < -0.4 is 5.73 Å². The molecular weight excluding hydrogens is 234 g/mol. The number of fused-ring (bicyclic) bond motifs is 1. The van der Waals surface area contributed by atoms with Crippen molar-refractivity contribution in [3.05, 3.63) is 23.2 Å². The van der Waals surface area contributed by atoms with Crippen LogP contribution in [-0.2, 0) is 0 Å². The topological polar surface area (TPSA) is 43.8 Å². The maximum atomic E-state index is 6.05. The Morgan fingerprint density at radius 3 is 2.94 bits per heavy atom. The molecule has 2 atom stereocenters. The van der Waals surface area contributed by atoms with Gasteiger partial charge in [-0.3, -0.25) is 0 Å². The zero-order valence-corrected chi connectivity index (χ0v) is 10.6. The minimum Gasteiger partial charge on any atom is -0.369 e. The highest BCUT2D eigenvalue weighted by Gasteiger charge is 2.27. The summed E-state index contributed by atoms with van der Waals surface area (Å²) in [5.74, 6) is 1.28. The molecule has 1 fully saturated rings. The number of imidazole rings is 1. The van der Waals surface area contributed by atoms with Crippen LogP contribution in [0.5, 0.6) is 0 Å². The molecule has 2 aromatic rings. The fourth-order valence-electron chi connectivity index (χ4n) is 2.95. The first-order valence-electron chi connectivity index (χ1n) is 6.10. The molecule has 1 saturated carbocycles. The van der Waals surface area contributed by atoms with Gasteiger partial charge in [-0.05, 0) is 37.0 Å². The molecule has 4 heteroatoms. The molecular formula is C13H16ClN3. The highest BCUT2D eigenvalue weighted by molar-refractivity contribution is 6.31. The molecule has 2 N–H and O–H groups in total. The number of anilines is 1. The van der Waals surface area contributed by atoms with Crippen LogP contribution in [0.1, 0.15) is 32.2 Å². The molecule has 0 radical (unpaired) electrons. The van der Waals surface area contributed by atoms with Crippen molar-refractivity contribution in [2.75, 3.05) is 5.73 Å². The Morgan fingerprint density at radius 2 is 2.24 bits per heavy atom. The van der Waals surface area contributed by atoms with Crippen LogP contribution >= 0.6 is 11.6 Å². The van der Waals surface area contributed by atoms with Gasteiger partial charge in [0.25, 0.3) is 0 Å². The molecule has 0 bridgehead atoms. The van der Waals surface area contributed by atoms with Gasteiger partial charge in [0, 0.05) is 11.1 Å². The molecule has 1 aliphatic rings. The summed E-state index contributed by atoms with van der Waals surface area (Å²) in [6.45, 7) is 2.29. The van der Waals surface area contributed by atoms with Gasteiger partial charge in [0.05, 0.1) is 11.0 Å². The van der Waals surface area contributed by atoms with Gasteiger partial charge in [-0.15, -0.1) is 0 Å². The third kappa shape index (κ3) is 1.69. The molecule has 3 rings (SSSR count). The minimum atomic E-state index is 0.487.